The van der Waals surface area contributed by atoms with Crippen LogP contribution in [0, 0.1) is 12.8 Å². The summed E-state index contributed by atoms with van der Waals surface area (Å²) in [5.74, 6) is 0.507. The maximum absolute atomic E-state index is 6.19. The van der Waals surface area contributed by atoms with Gasteiger partial charge in [0.05, 0.1) is 8.70 Å². The molecule has 1 aliphatic heterocycles. The van der Waals surface area contributed by atoms with E-state index < -0.39 is 0 Å². The van der Waals surface area contributed by atoms with Crippen LogP contribution in [0.2, 0.25) is 4.34 Å². The van der Waals surface area contributed by atoms with E-state index in [0.29, 0.717) is 11.2 Å². The van der Waals surface area contributed by atoms with E-state index in [0.717, 1.165) is 8.70 Å². The monoisotopic (exact) mass is 330 g/mol. The molecule has 3 rings (SSSR count). The van der Waals surface area contributed by atoms with Gasteiger partial charge >= 0.3 is 0 Å². The minimum atomic E-state index is 0.507. The fourth-order valence-electron chi connectivity index (χ4n) is 3.14. The fourth-order valence-corrected chi connectivity index (χ4v) is 5.88. The van der Waals surface area contributed by atoms with Crippen LogP contribution in [0.3, 0.4) is 0 Å². The van der Waals surface area contributed by atoms with Gasteiger partial charge in [0.1, 0.15) is 0 Å². The van der Waals surface area contributed by atoms with E-state index in [-0.39, 0.29) is 0 Å². The smallest absolute Gasteiger partial charge is 0.0937 e. The number of hydrogen-bond acceptors (Lipinski definition) is 2. The first kappa shape index (κ1) is 14.1. The first-order valence-corrected chi connectivity index (χ1v) is 9.03. The highest BCUT2D eigenvalue weighted by Crippen LogP contribution is 2.49. The van der Waals surface area contributed by atoms with Crippen molar-refractivity contribution in [1.29, 1.82) is 0 Å². The number of allylic oxidation sites excluding steroid dienone is 3. The molecular weight excluding hydrogens is 315 g/mol. The molecule has 2 heterocycles. The molecule has 2 unspecified atom stereocenters. The van der Waals surface area contributed by atoms with Crippen molar-refractivity contribution in [2.24, 2.45) is 5.92 Å². The number of aryl methyl sites for hydroxylation is 1. The van der Waals surface area contributed by atoms with Gasteiger partial charge in [-0.2, -0.15) is 0 Å². The molecule has 0 aromatic carbocycles. The molecule has 1 aromatic rings. The van der Waals surface area contributed by atoms with Gasteiger partial charge < -0.3 is 0 Å². The lowest BCUT2D eigenvalue weighted by Crippen LogP contribution is -2.10. The number of rotatable bonds is 2. The highest BCUT2D eigenvalue weighted by Gasteiger charge is 2.31. The summed E-state index contributed by atoms with van der Waals surface area (Å²) in [6.45, 7) is 4.45. The molecule has 0 bridgehead atoms. The van der Waals surface area contributed by atoms with Crippen LogP contribution in [0.5, 0.6) is 0 Å². The molecule has 0 saturated carbocycles. The molecule has 0 amide bonds. The van der Waals surface area contributed by atoms with Crippen molar-refractivity contribution in [3.8, 4) is 0 Å². The summed E-state index contributed by atoms with van der Waals surface area (Å²) in [6, 6.07) is 2.14. The quantitative estimate of drug-likeness (QED) is 0.598. The standard InChI is InChI=1S/C15H16Cl2S2/c1-8-12(6-14(16)18-8)10-4-3-5-11(10)13-7-15(17)19-9(13)2/h6-8,12H,3-5H2,1-2H3. The van der Waals surface area contributed by atoms with E-state index >= 15 is 0 Å². The van der Waals surface area contributed by atoms with E-state index in [1.54, 1.807) is 28.7 Å². The van der Waals surface area contributed by atoms with Gasteiger partial charge in [-0.05, 0) is 43.4 Å². The molecule has 2 atom stereocenters. The molecule has 0 spiro atoms. The number of halogens is 2. The lowest BCUT2D eigenvalue weighted by atomic mass is 9.91. The summed E-state index contributed by atoms with van der Waals surface area (Å²) in [7, 11) is 0. The Bertz CT molecular complexity index is 569. The summed E-state index contributed by atoms with van der Waals surface area (Å²) in [5, 5.41) is 0.560. The molecule has 1 aromatic heterocycles. The summed E-state index contributed by atoms with van der Waals surface area (Å²) >= 11 is 15.8. The lowest BCUT2D eigenvalue weighted by molar-refractivity contribution is 0.722. The van der Waals surface area contributed by atoms with E-state index in [2.05, 4.69) is 26.0 Å². The van der Waals surface area contributed by atoms with Crippen LogP contribution >= 0.6 is 46.3 Å². The Balaban J connectivity index is 2.03. The van der Waals surface area contributed by atoms with Crippen molar-refractivity contribution in [2.45, 2.75) is 38.4 Å². The van der Waals surface area contributed by atoms with Crippen molar-refractivity contribution in [3.05, 3.63) is 36.9 Å². The van der Waals surface area contributed by atoms with E-state index in [9.17, 15) is 0 Å². The van der Waals surface area contributed by atoms with Crippen molar-refractivity contribution in [3.63, 3.8) is 0 Å². The Hall–Kier alpha value is 0.110. The fraction of sp³-hybridized carbons (Fsp3) is 0.467. The average molecular weight is 331 g/mol. The van der Waals surface area contributed by atoms with Crippen LogP contribution in [-0.2, 0) is 0 Å². The Morgan fingerprint density at radius 3 is 2.63 bits per heavy atom. The highest BCUT2D eigenvalue weighted by molar-refractivity contribution is 8.05. The average Bonchev–Trinajstić information content (AvgIpc) is 2.98. The molecule has 0 fully saturated rings. The van der Waals surface area contributed by atoms with Gasteiger partial charge in [0.15, 0.2) is 0 Å². The molecule has 0 radical (unpaired) electrons. The molecule has 19 heavy (non-hydrogen) atoms. The molecule has 2 aliphatic rings. The molecule has 102 valence electrons. The zero-order valence-corrected chi connectivity index (χ0v) is 14.1. The lowest BCUT2D eigenvalue weighted by Gasteiger charge is -2.17. The Kier molecular flexibility index (Phi) is 4.05. The van der Waals surface area contributed by atoms with Gasteiger partial charge in [-0.25, -0.2) is 0 Å². The molecule has 0 N–H and O–H groups in total. The third-order valence-corrected chi connectivity index (χ3v) is 6.59. The van der Waals surface area contributed by atoms with Crippen molar-refractivity contribution in [1.82, 2.24) is 0 Å². The van der Waals surface area contributed by atoms with Gasteiger partial charge in [-0.15, -0.1) is 23.1 Å². The van der Waals surface area contributed by atoms with Crippen LogP contribution in [0.25, 0.3) is 5.57 Å². The minimum Gasteiger partial charge on any atom is -0.128 e. The third-order valence-electron chi connectivity index (χ3n) is 3.99. The summed E-state index contributed by atoms with van der Waals surface area (Å²) in [5.41, 5.74) is 4.49. The largest absolute Gasteiger partial charge is 0.128 e. The van der Waals surface area contributed by atoms with E-state index in [1.807, 2.05) is 0 Å². The SMILES string of the molecule is Cc1sc(Cl)cc1C1=C(C2C=C(Cl)SC2C)CCC1. The van der Waals surface area contributed by atoms with Crippen LogP contribution in [-0.4, -0.2) is 5.25 Å². The molecule has 4 heteroatoms. The Morgan fingerprint density at radius 1 is 1.26 bits per heavy atom. The maximum Gasteiger partial charge on any atom is 0.0937 e. The molecule has 0 saturated heterocycles. The number of hydrogen-bond donors (Lipinski definition) is 0. The minimum absolute atomic E-state index is 0.507. The van der Waals surface area contributed by atoms with Crippen LogP contribution in [0.4, 0.5) is 0 Å². The zero-order chi connectivity index (χ0) is 13.6. The normalized spacial score (nSPS) is 27.3. The van der Waals surface area contributed by atoms with Gasteiger partial charge in [-0.1, -0.05) is 41.8 Å². The maximum atomic E-state index is 6.19. The number of thioether (sulfide) groups is 1. The van der Waals surface area contributed by atoms with Crippen molar-refractivity contribution >= 4 is 51.9 Å². The highest BCUT2D eigenvalue weighted by atomic mass is 35.5. The van der Waals surface area contributed by atoms with E-state index in [1.165, 1.54) is 35.3 Å². The Labute approximate surface area is 132 Å². The second kappa shape index (κ2) is 5.48. The first-order valence-electron chi connectivity index (χ1n) is 6.58. The second-order valence-corrected chi connectivity index (χ2v) is 9.14. The second-order valence-electron chi connectivity index (χ2n) is 5.20. The summed E-state index contributed by atoms with van der Waals surface area (Å²) < 4.78 is 1.85. The van der Waals surface area contributed by atoms with Gasteiger partial charge in [0.25, 0.3) is 0 Å². The summed E-state index contributed by atoms with van der Waals surface area (Å²) in [6.07, 6.45) is 5.89. The van der Waals surface area contributed by atoms with Crippen LogP contribution in [0.15, 0.2) is 22.1 Å². The topological polar surface area (TPSA) is 0 Å². The van der Waals surface area contributed by atoms with E-state index in [4.69, 9.17) is 23.2 Å². The van der Waals surface area contributed by atoms with Gasteiger partial charge in [0, 0.05) is 16.0 Å². The molecule has 0 nitrogen and oxygen atoms in total. The van der Waals surface area contributed by atoms with Gasteiger partial charge in [0.2, 0.25) is 0 Å². The summed E-state index contributed by atoms with van der Waals surface area (Å²) in [4.78, 5) is 1.34. The molecule has 1 aliphatic carbocycles. The predicted molar refractivity (Wildman–Crippen MR) is 89.3 cm³/mol. The zero-order valence-electron chi connectivity index (χ0n) is 11.0. The molecular formula is C15H16Cl2S2. The first-order chi connectivity index (χ1) is 9.06. The van der Waals surface area contributed by atoms with Crippen LogP contribution in [0.1, 0.15) is 36.6 Å². The van der Waals surface area contributed by atoms with Gasteiger partial charge in [-0.3, -0.25) is 0 Å². The van der Waals surface area contributed by atoms with Crippen molar-refractivity contribution < 1.29 is 0 Å². The van der Waals surface area contributed by atoms with Crippen molar-refractivity contribution in [2.75, 3.05) is 0 Å². The third kappa shape index (κ3) is 2.65. The number of thiophene rings is 1. The Morgan fingerprint density at radius 2 is 2.05 bits per heavy atom. The van der Waals surface area contributed by atoms with Crippen LogP contribution < -0.4 is 0 Å². The predicted octanol–water partition coefficient (Wildman–Crippen LogP) is 6.48.